The number of nitrogens with one attached hydrogen (secondary N) is 1. The number of rotatable bonds is 7. The molecule has 2 N–H and O–H groups in total. The Kier molecular flexibility index (Phi) is 9.55. The molecule has 238 valence electrons. The minimum absolute atomic E-state index is 0.0897. The Morgan fingerprint density at radius 1 is 1.09 bits per heavy atom. The van der Waals surface area contributed by atoms with E-state index in [4.69, 9.17) is 0 Å². The first kappa shape index (κ1) is 32.1. The zero-order valence-electron chi connectivity index (χ0n) is 25.1. The van der Waals surface area contributed by atoms with E-state index < -0.39 is 11.8 Å². The number of carboxylic acid groups (broad SMARTS) is 1. The van der Waals surface area contributed by atoms with Gasteiger partial charge in [0.15, 0.2) is 5.66 Å². The lowest BCUT2D eigenvalue weighted by Crippen LogP contribution is -2.78. The van der Waals surface area contributed by atoms with Gasteiger partial charge in [-0.25, -0.2) is 9.28 Å². The lowest BCUT2D eigenvalue weighted by Gasteiger charge is -2.59. The highest BCUT2D eigenvalue weighted by Crippen LogP contribution is 2.46. The lowest BCUT2D eigenvalue weighted by atomic mass is 9.81. The molecule has 3 amide bonds. The Morgan fingerprint density at radius 3 is 2.52 bits per heavy atom. The van der Waals surface area contributed by atoms with E-state index in [-0.39, 0.29) is 29.5 Å². The summed E-state index contributed by atoms with van der Waals surface area (Å²) in [4.78, 5) is 50.0. The maximum atomic E-state index is 13.7. The Labute approximate surface area is 279 Å². The van der Waals surface area contributed by atoms with Crippen LogP contribution in [0.4, 0.5) is 15.3 Å². The van der Waals surface area contributed by atoms with Crippen LogP contribution in [0.25, 0.3) is 0 Å². The number of nitrogens with zero attached hydrogens (tertiary/aromatic N) is 5. The minimum atomic E-state index is -1.00. The number of piperazine rings is 1. The third-order valence-electron chi connectivity index (χ3n) is 10.5. The molecule has 1 aromatic heterocycles. The van der Waals surface area contributed by atoms with Crippen LogP contribution in [-0.2, 0) is 17.9 Å². The fourth-order valence-electron chi connectivity index (χ4n) is 8.05. The number of thiophene rings is 1. The molecule has 2 unspecified atom stereocenters. The van der Waals surface area contributed by atoms with E-state index in [2.05, 4.69) is 58.9 Å². The molecule has 0 spiro atoms. The monoisotopic (exact) mass is 751 g/mol. The molecule has 3 fully saturated rings. The molecule has 4 aliphatic rings. The molecule has 1 aromatic carbocycles. The van der Waals surface area contributed by atoms with Crippen molar-refractivity contribution in [3.05, 3.63) is 49.0 Å². The number of urea groups is 1. The standard InChI is InChI=1S/C31H40Br2N6O4S/c1-35-11-13-36(14-12-35)23-4-9-37(10-5-23)31(8-16-40)19-24(38-20-28-27(7-17-44-28)34-29(38)41)6-15-39(31,30(42)43)21-22-2-3-25(32)26(33)18-22/h2-3,7,16-18,23-24H,4-6,8-15,19-21H2,1H3,(H-,34,41,42,43)/p+1/t24?,31?,39-/m0/s1. The van der Waals surface area contributed by atoms with Gasteiger partial charge in [-0.2, -0.15) is 4.79 Å². The maximum Gasteiger partial charge on any atom is 0.515 e. The number of carbonyl (C=O) groups excluding carboxylic acids is 2. The number of hydrogen-bond donors (Lipinski definition) is 2. The van der Waals surface area contributed by atoms with Crippen LogP contribution in [0.2, 0.25) is 0 Å². The lowest BCUT2D eigenvalue weighted by molar-refractivity contribution is -0.942. The first-order chi connectivity index (χ1) is 21.2. The average molecular weight is 754 g/mol. The fraction of sp³-hybridized carbons (Fsp3) is 0.581. The van der Waals surface area contributed by atoms with Crippen molar-refractivity contribution in [1.29, 1.82) is 0 Å². The molecular weight excluding hydrogens is 712 g/mol. The van der Waals surface area contributed by atoms with Gasteiger partial charge in [-0.3, -0.25) is 9.80 Å². The first-order valence-electron chi connectivity index (χ1n) is 15.5. The first-order valence-corrected chi connectivity index (χ1v) is 17.9. The van der Waals surface area contributed by atoms with Gasteiger partial charge >= 0.3 is 12.1 Å². The van der Waals surface area contributed by atoms with E-state index in [0.717, 1.165) is 83.5 Å². The van der Waals surface area contributed by atoms with Gasteiger partial charge < -0.3 is 25.0 Å². The summed E-state index contributed by atoms with van der Waals surface area (Å²) in [7, 11) is 2.16. The molecule has 2 aromatic rings. The molecule has 3 saturated heterocycles. The number of aldehydes is 1. The van der Waals surface area contributed by atoms with E-state index >= 15 is 0 Å². The summed E-state index contributed by atoms with van der Waals surface area (Å²) in [6.07, 6.45) is 2.90. The van der Waals surface area contributed by atoms with E-state index in [1.807, 2.05) is 34.5 Å². The summed E-state index contributed by atoms with van der Waals surface area (Å²) >= 11 is 8.76. The van der Waals surface area contributed by atoms with Gasteiger partial charge in [0.1, 0.15) is 12.8 Å². The molecule has 4 aliphatic heterocycles. The molecule has 0 radical (unpaired) electrons. The molecule has 3 atom stereocenters. The van der Waals surface area contributed by atoms with Crippen molar-refractivity contribution < 1.29 is 24.0 Å². The van der Waals surface area contributed by atoms with Crippen LogP contribution in [0, 0.1) is 0 Å². The molecule has 6 rings (SSSR count). The van der Waals surface area contributed by atoms with Crippen LogP contribution in [0.5, 0.6) is 0 Å². The van der Waals surface area contributed by atoms with Crippen LogP contribution in [0.15, 0.2) is 38.6 Å². The van der Waals surface area contributed by atoms with E-state index in [1.54, 1.807) is 11.3 Å². The number of piperidine rings is 2. The highest BCUT2D eigenvalue weighted by Gasteiger charge is 2.64. The van der Waals surface area contributed by atoms with Crippen LogP contribution in [0.1, 0.15) is 42.5 Å². The number of likely N-dealkylation sites (tertiary alicyclic amines) is 2. The Hall–Kier alpha value is -1.87. The molecule has 44 heavy (non-hydrogen) atoms. The smallest absolute Gasteiger partial charge is 0.435 e. The van der Waals surface area contributed by atoms with Crippen molar-refractivity contribution >= 4 is 67.3 Å². The Morgan fingerprint density at radius 2 is 1.84 bits per heavy atom. The average Bonchev–Trinajstić information content (AvgIpc) is 3.47. The van der Waals surface area contributed by atoms with Gasteiger partial charge in [0, 0.05) is 83.6 Å². The minimum Gasteiger partial charge on any atom is -0.435 e. The summed E-state index contributed by atoms with van der Waals surface area (Å²) < 4.78 is 1.50. The number of hydrogen-bond acceptors (Lipinski definition) is 7. The van der Waals surface area contributed by atoms with E-state index in [9.17, 15) is 19.5 Å². The van der Waals surface area contributed by atoms with Crippen molar-refractivity contribution in [3.63, 3.8) is 0 Å². The number of carbonyl (C=O) groups is 3. The quantitative estimate of drug-likeness (QED) is 0.286. The molecular formula is C31H41Br2N6O4S+. The SMILES string of the molecule is CN1CCN(C2CCN(C3(CC=O)CC(N4Cc5sccc5NC4=O)CC[N@+]3(Cc3ccc(Br)c(Br)c3)C(=O)O)CC2)CC1. The molecule has 13 heteroatoms. The molecule has 0 saturated carbocycles. The van der Waals surface area contributed by atoms with Crippen LogP contribution < -0.4 is 5.32 Å². The van der Waals surface area contributed by atoms with Gasteiger partial charge in [-0.1, -0.05) is 6.07 Å². The molecule has 0 bridgehead atoms. The molecule has 10 nitrogen and oxygen atoms in total. The Bertz CT molecular complexity index is 1390. The number of anilines is 1. The van der Waals surface area contributed by atoms with Gasteiger partial charge in [0.2, 0.25) is 0 Å². The largest absolute Gasteiger partial charge is 0.515 e. The van der Waals surface area contributed by atoms with Crippen molar-refractivity contribution in [2.75, 3.05) is 58.2 Å². The highest BCUT2D eigenvalue weighted by atomic mass is 79.9. The number of quaternary nitrogens is 1. The second-order valence-electron chi connectivity index (χ2n) is 12.8. The Balaban J connectivity index is 1.35. The third-order valence-corrected chi connectivity index (χ3v) is 13.3. The number of amides is 3. The van der Waals surface area contributed by atoms with Crippen molar-refractivity contribution in [2.24, 2.45) is 0 Å². The third kappa shape index (κ3) is 5.89. The molecule has 5 heterocycles. The van der Waals surface area contributed by atoms with E-state index in [0.29, 0.717) is 32.0 Å². The fourth-order valence-corrected chi connectivity index (χ4v) is 9.55. The van der Waals surface area contributed by atoms with E-state index in [1.165, 1.54) is 0 Å². The second kappa shape index (κ2) is 13.1. The molecule has 0 aliphatic carbocycles. The number of benzene rings is 1. The summed E-state index contributed by atoms with van der Waals surface area (Å²) in [5.41, 5.74) is 0.746. The van der Waals surface area contributed by atoms with Crippen LogP contribution >= 0.6 is 43.2 Å². The number of fused-ring (bicyclic) bond motifs is 1. The van der Waals surface area contributed by atoms with Gasteiger partial charge in [0.25, 0.3) is 0 Å². The zero-order valence-corrected chi connectivity index (χ0v) is 29.1. The van der Waals surface area contributed by atoms with Gasteiger partial charge in [0.05, 0.1) is 25.2 Å². The normalized spacial score (nSPS) is 29.3. The number of halogens is 2. The second-order valence-corrected chi connectivity index (χ2v) is 15.5. The highest BCUT2D eigenvalue weighted by molar-refractivity contribution is 9.13. The van der Waals surface area contributed by atoms with Crippen molar-refractivity contribution in [3.8, 4) is 0 Å². The predicted molar refractivity (Wildman–Crippen MR) is 178 cm³/mol. The maximum absolute atomic E-state index is 13.7. The van der Waals surface area contributed by atoms with Crippen molar-refractivity contribution in [1.82, 2.24) is 19.6 Å². The van der Waals surface area contributed by atoms with Gasteiger partial charge in [-0.05, 0) is 75.3 Å². The summed E-state index contributed by atoms with van der Waals surface area (Å²) in [6.45, 7) is 6.72. The predicted octanol–water partition coefficient (Wildman–Crippen LogP) is 5.48. The summed E-state index contributed by atoms with van der Waals surface area (Å²) in [5.74, 6) is 0. The summed E-state index contributed by atoms with van der Waals surface area (Å²) in [5, 5.41) is 16.2. The zero-order chi connectivity index (χ0) is 31.1. The summed E-state index contributed by atoms with van der Waals surface area (Å²) in [6, 6.07) is 7.91. The van der Waals surface area contributed by atoms with Crippen LogP contribution in [0.3, 0.4) is 0 Å². The van der Waals surface area contributed by atoms with Gasteiger partial charge in [-0.15, -0.1) is 11.3 Å². The van der Waals surface area contributed by atoms with Crippen LogP contribution in [-0.4, -0.2) is 118 Å². The number of likely N-dealkylation sites (N-methyl/N-ethyl adjacent to an activating group) is 1. The topological polar surface area (TPSA) is 96.4 Å². The van der Waals surface area contributed by atoms with Crippen molar-refractivity contribution in [2.45, 2.75) is 62.9 Å².